The number of carbonyl (C=O) groups excluding carboxylic acids is 3. The summed E-state index contributed by atoms with van der Waals surface area (Å²) in [7, 11) is 0. The summed E-state index contributed by atoms with van der Waals surface area (Å²) in [6.45, 7) is 0. The summed E-state index contributed by atoms with van der Waals surface area (Å²) in [5.41, 5.74) is 5.32. The fourth-order valence-corrected chi connectivity index (χ4v) is 5.51. The zero-order valence-corrected chi connectivity index (χ0v) is 15.5. The highest BCUT2D eigenvalue weighted by atomic mass is 79.9. The number of nitrogens with one attached hydrogen (secondary N) is 2. The molecule has 6 nitrogen and oxygen atoms in total. The zero-order chi connectivity index (χ0) is 17.0. The second-order valence-electron chi connectivity index (χ2n) is 6.41. The molecule has 24 heavy (non-hydrogen) atoms. The van der Waals surface area contributed by atoms with Gasteiger partial charge in [-0.05, 0) is 36.6 Å². The second-order valence-corrected chi connectivity index (χ2v) is 8.38. The zero-order valence-electron chi connectivity index (χ0n) is 12.4. The number of hydrogen-bond acceptors (Lipinski definition) is 4. The van der Waals surface area contributed by atoms with Crippen LogP contribution in [-0.2, 0) is 14.3 Å². The molecule has 8 heteroatoms. The molecule has 6 atom stereocenters. The predicted octanol–water partition coefficient (Wildman–Crippen LogP) is 1.78. The highest BCUT2D eigenvalue weighted by molar-refractivity contribution is 9.10. The highest BCUT2D eigenvalue weighted by Gasteiger charge is 2.67. The number of hydrogen-bond donors (Lipinski definition) is 2. The van der Waals surface area contributed by atoms with Gasteiger partial charge in [-0.25, -0.2) is 0 Å². The topological polar surface area (TPSA) is 84.5 Å². The standard InChI is InChI=1S/C16H14Br2N2O4/c17-7-3-1-6(2-4-7)14(21)19-20-15(22)10-8-5-9-11(10)16(23)24-13(9)12(8)18/h1-4,8-13H,5H2,(H,19,21)(H,20,22)/t8-,9-,10-,11+,12+,13+/m1/s1. The number of fused-ring (bicyclic) bond motifs is 1. The summed E-state index contributed by atoms with van der Waals surface area (Å²) >= 11 is 6.86. The first-order valence-electron chi connectivity index (χ1n) is 7.67. The van der Waals surface area contributed by atoms with E-state index >= 15 is 0 Å². The van der Waals surface area contributed by atoms with Gasteiger partial charge in [-0.3, -0.25) is 25.2 Å². The number of ether oxygens (including phenoxy) is 1. The molecule has 1 aromatic rings. The summed E-state index contributed by atoms with van der Waals surface area (Å²) in [5, 5.41) is 0. The summed E-state index contributed by atoms with van der Waals surface area (Å²) < 4.78 is 6.24. The quantitative estimate of drug-likeness (QED) is 0.402. The first-order chi connectivity index (χ1) is 11.5. The predicted molar refractivity (Wildman–Crippen MR) is 90.9 cm³/mol. The summed E-state index contributed by atoms with van der Waals surface area (Å²) in [6.07, 6.45) is 0.685. The number of amides is 2. The molecular formula is C16H14Br2N2O4. The van der Waals surface area contributed by atoms with Crippen molar-refractivity contribution in [1.82, 2.24) is 10.9 Å². The van der Waals surface area contributed by atoms with E-state index in [1.165, 1.54) is 0 Å². The van der Waals surface area contributed by atoms with Crippen molar-refractivity contribution in [3.63, 3.8) is 0 Å². The highest BCUT2D eigenvalue weighted by Crippen LogP contribution is 2.59. The molecule has 0 unspecified atom stereocenters. The minimum absolute atomic E-state index is 0.00289. The molecule has 2 aliphatic carbocycles. The van der Waals surface area contributed by atoms with Crippen molar-refractivity contribution in [2.24, 2.45) is 23.7 Å². The van der Waals surface area contributed by atoms with Crippen molar-refractivity contribution in [2.75, 3.05) is 0 Å². The lowest BCUT2D eigenvalue weighted by Crippen LogP contribution is -2.49. The van der Waals surface area contributed by atoms with Gasteiger partial charge in [0.05, 0.1) is 16.7 Å². The van der Waals surface area contributed by atoms with Crippen LogP contribution >= 0.6 is 31.9 Å². The molecule has 0 radical (unpaired) electrons. The third kappa shape index (κ3) is 2.38. The third-order valence-corrected chi connectivity index (χ3v) is 6.96. The first kappa shape index (κ1) is 16.1. The minimum Gasteiger partial charge on any atom is -0.461 e. The van der Waals surface area contributed by atoms with Crippen LogP contribution < -0.4 is 10.9 Å². The maximum atomic E-state index is 12.5. The van der Waals surface area contributed by atoms with E-state index in [1.54, 1.807) is 24.3 Å². The Morgan fingerprint density at radius 1 is 1.12 bits per heavy atom. The van der Waals surface area contributed by atoms with Crippen molar-refractivity contribution in [2.45, 2.75) is 17.4 Å². The number of alkyl halides is 1. The van der Waals surface area contributed by atoms with Crippen molar-refractivity contribution in [3.05, 3.63) is 34.3 Å². The number of esters is 1. The van der Waals surface area contributed by atoms with Crippen LogP contribution in [0, 0.1) is 23.7 Å². The fourth-order valence-electron chi connectivity index (χ4n) is 4.21. The van der Waals surface area contributed by atoms with E-state index in [0.29, 0.717) is 5.56 Å². The van der Waals surface area contributed by atoms with Gasteiger partial charge in [0.25, 0.3) is 5.91 Å². The fraction of sp³-hybridized carbons (Fsp3) is 0.438. The lowest BCUT2D eigenvalue weighted by Gasteiger charge is -2.27. The van der Waals surface area contributed by atoms with E-state index < -0.39 is 17.7 Å². The third-order valence-electron chi connectivity index (χ3n) is 5.23. The van der Waals surface area contributed by atoms with E-state index in [2.05, 4.69) is 42.7 Å². The molecule has 2 saturated carbocycles. The van der Waals surface area contributed by atoms with Crippen LogP contribution in [0.5, 0.6) is 0 Å². The lowest BCUT2D eigenvalue weighted by atomic mass is 9.79. The molecule has 1 saturated heterocycles. The van der Waals surface area contributed by atoms with Gasteiger partial charge in [0.1, 0.15) is 6.10 Å². The van der Waals surface area contributed by atoms with Crippen molar-refractivity contribution >= 4 is 49.6 Å². The van der Waals surface area contributed by atoms with Crippen molar-refractivity contribution in [3.8, 4) is 0 Å². The van der Waals surface area contributed by atoms with Crippen molar-refractivity contribution in [1.29, 1.82) is 0 Å². The van der Waals surface area contributed by atoms with Crippen LogP contribution in [0.25, 0.3) is 0 Å². The van der Waals surface area contributed by atoms with Gasteiger partial charge < -0.3 is 4.74 Å². The van der Waals surface area contributed by atoms with Gasteiger partial charge in [-0.2, -0.15) is 0 Å². The summed E-state index contributed by atoms with van der Waals surface area (Å²) in [5.74, 6) is -1.73. The van der Waals surface area contributed by atoms with E-state index in [9.17, 15) is 14.4 Å². The Morgan fingerprint density at radius 3 is 2.54 bits per heavy atom. The summed E-state index contributed by atoms with van der Waals surface area (Å²) in [4.78, 5) is 36.7. The SMILES string of the molecule is O=C(NNC(=O)[C@@H]1[C@H]2C[C@H]3[C@H](OC(=O)[C@@H]31)[C@H]2Br)c1ccc(Br)cc1. The van der Waals surface area contributed by atoms with Gasteiger partial charge in [-0.1, -0.05) is 31.9 Å². The van der Waals surface area contributed by atoms with Gasteiger partial charge in [0, 0.05) is 16.0 Å². The van der Waals surface area contributed by atoms with Gasteiger partial charge in [0.15, 0.2) is 0 Å². The Kier molecular flexibility index (Phi) is 3.91. The Morgan fingerprint density at radius 2 is 1.83 bits per heavy atom. The number of hydrazine groups is 1. The number of benzene rings is 1. The van der Waals surface area contributed by atoms with Crippen LogP contribution in [0.4, 0.5) is 0 Å². The largest absolute Gasteiger partial charge is 0.461 e. The molecule has 1 heterocycles. The van der Waals surface area contributed by atoms with Gasteiger partial charge >= 0.3 is 5.97 Å². The van der Waals surface area contributed by atoms with Crippen LogP contribution in [0.1, 0.15) is 16.8 Å². The molecule has 0 aromatic heterocycles. The molecule has 2 N–H and O–H groups in total. The van der Waals surface area contributed by atoms with Crippen LogP contribution in [0.15, 0.2) is 28.7 Å². The average molecular weight is 458 g/mol. The van der Waals surface area contributed by atoms with Crippen LogP contribution in [0.2, 0.25) is 0 Å². The Bertz CT molecular complexity index is 723. The monoisotopic (exact) mass is 456 g/mol. The Labute approximate surface area is 154 Å². The van der Waals surface area contributed by atoms with E-state index in [4.69, 9.17) is 4.74 Å². The first-order valence-corrected chi connectivity index (χ1v) is 9.38. The molecule has 1 aromatic carbocycles. The van der Waals surface area contributed by atoms with Crippen LogP contribution in [-0.4, -0.2) is 28.7 Å². The number of halogens is 2. The van der Waals surface area contributed by atoms with Gasteiger partial charge in [-0.15, -0.1) is 0 Å². The maximum Gasteiger partial charge on any atom is 0.310 e. The minimum atomic E-state index is -0.462. The molecule has 4 rings (SSSR count). The smallest absolute Gasteiger partial charge is 0.310 e. The van der Waals surface area contributed by atoms with E-state index in [-0.39, 0.29) is 34.6 Å². The molecule has 2 bridgehead atoms. The molecule has 3 fully saturated rings. The Balaban J connectivity index is 1.43. The average Bonchev–Trinajstić information content (AvgIpc) is 3.17. The van der Waals surface area contributed by atoms with Crippen molar-refractivity contribution < 1.29 is 19.1 Å². The molecular weight excluding hydrogens is 444 g/mol. The van der Waals surface area contributed by atoms with Gasteiger partial charge in [0.2, 0.25) is 5.91 Å². The molecule has 3 aliphatic rings. The van der Waals surface area contributed by atoms with E-state index in [0.717, 1.165) is 10.9 Å². The normalized spacial score (nSPS) is 35.7. The van der Waals surface area contributed by atoms with E-state index in [1.807, 2.05) is 0 Å². The summed E-state index contributed by atoms with van der Waals surface area (Å²) in [6, 6.07) is 6.79. The number of rotatable bonds is 2. The second kappa shape index (κ2) is 5.84. The van der Waals surface area contributed by atoms with Crippen LogP contribution in [0.3, 0.4) is 0 Å². The molecule has 2 amide bonds. The number of carbonyl (C=O) groups is 3. The molecule has 0 spiro atoms. The maximum absolute atomic E-state index is 12.5. The Hall–Kier alpha value is -1.41. The lowest BCUT2D eigenvalue weighted by molar-refractivity contribution is -0.146. The molecule has 1 aliphatic heterocycles. The molecule has 126 valence electrons.